The van der Waals surface area contributed by atoms with Crippen LogP contribution in [0.25, 0.3) is 16.4 Å². The fraction of sp³-hybridized carbons (Fsp3) is 0.120. The maximum absolute atomic E-state index is 12.5. The number of rotatable bonds is 8. The number of sulfonamides is 1. The van der Waals surface area contributed by atoms with Crippen LogP contribution in [0.1, 0.15) is 33.1 Å². The lowest BCUT2D eigenvalue weighted by molar-refractivity contribution is 0.0437. The molecule has 5 rings (SSSR count). The van der Waals surface area contributed by atoms with Crippen LogP contribution in [0.2, 0.25) is 0 Å². The van der Waals surface area contributed by atoms with Gasteiger partial charge in [-0.3, -0.25) is 0 Å². The van der Waals surface area contributed by atoms with E-state index >= 15 is 0 Å². The van der Waals surface area contributed by atoms with Gasteiger partial charge in [0.2, 0.25) is 15.2 Å². The molecule has 0 fully saturated rings. The fourth-order valence-electron chi connectivity index (χ4n) is 3.67. The number of primary sulfonamides is 1. The number of ether oxygens (including phenoxy) is 1. The molecule has 3 aromatic heterocycles. The van der Waals surface area contributed by atoms with E-state index in [1.807, 2.05) is 36.5 Å². The van der Waals surface area contributed by atoms with E-state index in [9.17, 15) is 18.0 Å². The first kappa shape index (κ1) is 25.3. The normalized spacial score (nSPS) is 11.5. The quantitative estimate of drug-likeness (QED) is 0.284. The molecule has 5 aromatic rings. The minimum atomic E-state index is -3.79. The van der Waals surface area contributed by atoms with E-state index in [-0.39, 0.29) is 28.7 Å². The van der Waals surface area contributed by atoms with Crippen LogP contribution in [0, 0.1) is 6.92 Å². The Balaban J connectivity index is 1.40. The van der Waals surface area contributed by atoms with Crippen LogP contribution >= 0.6 is 11.3 Å². The van der Waals surface area contributed by atoms with Crippen molar-refractivity contribution in [2.75, 3.05) is 0 Å². The molecule has 13 heteroatoms. The summed E-state index contributed by atoms with van der Waals surface area (Å²) in [6.45, 7) is 1.26. The van der Waals surface area contributed by atoms with E-state index < -0.39 is 21.8 Å². The number of carbonyl (C=O) groups excluding carboxylic acids is 1. The molecule has 2 aromatic carbocycles. The summed E-state index contributed by atoms with van der Waals surface area (Å²) in [6, 6.07) is 15.9. The highest BCUT2D eigenvalue weighted by Crippen LogP contribution is 2.27. The summed E-state index contributed by atoms with van der Waals surface area (Å²) in [7, 11) is -3.79. The first-order valence-electron chi connectivity index (χ1n) is 11.2. The number of thiazole rings is 1. The summed E-state index contributed by atoms with van der Waals surface area (Å²) in [5, 5.41) is 11.9. The summed E-state index contributed by atoms with van der Waals surface area (Å²) in [4.78, 5) is 28.1. The Kier molecular flexibility index (Phi) is 6.80. The van der Waals surface area contributed by atoms with Gasteiger partial charge in [0, 0.05) is 29.1 Å². The van der Waals surface area contributed by atoms with Crippen LogP contribution in [0.15, 0.2) is 84.7 Å². The third-order valence-corrected chi connectivity index (χ3v) is 7.31. The molecule has 38 heavy (non-hydrogen) atoms. The molecule has 0 aliphatic carbocycles. The largest absolute Gasteiger partial charge is 0.519 e. The van der Waals surface area contributed by atoms with Gasteiger partial charge in [-0.25, -0.2) is 32.8 Å². The van der Waals surface area contributed by atoms with E-state index in [1.54, 1.807) is 22.2 Å². The topological polar surface area (TPSA) is 161 Å². The van der Waals surface area contributed by atoms with Crippen molar-refractivity contribution >= 4 is 27.3 Å². The molecule has 0 atom stereocenters. The standard InChI is InChI=1S/C25H20N4O7S2/c1-15-21(36-25(31)35-15)13-34-23(30)20-14-37-24(27-20)29-12-18(22(28-29)17-5-3-2-4-6-17)11-16-7-9-19(10-8-16)38(26,32)33/h2-10,12,14H,11,13H2,1H3,(H2,26,32,33). The molecule has 0 spiro atoms. The Bertz CT molecular complexity index is 1770. The van der Waals surface area contributed by atoms with Crippen LogP contribution in [0.3, 0.4) is 0 Å². The van der Waals surface area contributed by atoms with Gasteiger partial charge in [-0.05, 0) is 24.6 Å². The van der Waals surface area contributed by atoms with Crippen molar-refractivity contribution in [2.24, 2.45) is 5.14 Å². The maximum Gasteiger partial charge on any atom is 0.519 e. The third-order valence-electron chi connectivity index (χ3n) is 5.55. The number of benzene rings is 2. The minimum absolute atomic E-state index is 0.0347. The Morgan fingerprint density at radius 2 is 1.84 bits per heavy atom. The van der Waals surface area contributed by atoms with Gasteiger partial charge in [0.1, 0.15) is 0 Å². The van der Waals surface area contributed by atoms with Crippen molar-refractivity contribution < 1.29 is 26.8 Å². The summed E-state index contributed by atoms with van der Waals surface area (Å²) < 4.78 is 39.5. The molecule has 0 aliphatic rings. The lowest BCUT2D eigenvalue weighted by atomic mass is 10.0. The second-order valence-corrected chi connectivity index (χ2v) is 10.6. The summed E-state index contributed by atoms with van der Waals surface area (Å²) in [5.74, 6) is -1.20. The number of esters is 1. The molecule has 0 saturated heterocycles. The summed E-state index contributed by atoms with van der Waals surface area (Å²) in [5.41, 5.74) is 3.40. The molecule has 0 amide bonds. The first-order valence-corrected chi connectivity index (χ1v) is 13.6. The van der Waals surface area contributed by atoms with Crippen LogP contribution in [0.4, 0.5) is 0 Å². The van der Waals surface area contributed by atoms with Crippen molar-refractivity contribution in [3.05, 3.63) is 105 Å². The van der Waals surface area contributed by atoms with Crippen molar-refractivity contribution in [2.45, 2.75) is 24.8 Å². The van der Waals surface area contributed by atoms with Gasteiger partial charge in [-0.15, -0.1) is 11.3 Å². The Morgan fingerprint density at radius 1 is 1.11 bits per heavy atom. The average molecular weight is 553 g/mol. The molecular formula is C25H20N4O7S2. The number of nitrogens with zero attached hydrogens (tertiary/aromatic N) is 3. The highest BCUT2D eigenvalue weighted by molar-refractivity contribution is 7.89. The van der Waals surface area contributed by atoms with E-state index in [1.165, 1.54) is 30.4 Å². The van der Waals surface area contributed by atoms with Gasteiger partial charge in [0.05, 0.1) is 10.6 Å². The Morgan fingerprint density at radius 3 is 2.50 bits per heavy atom. The van der Waals surface area contributed by atoms with Crippen LogP contribution in [-0.4, -0.2) is 29.2 Å². The molecule has 11 nitrogen and oxygen atoms in total. The third kappa shape index (κ3) is 5.49. The van der Waals surface area contributed by atoms with Crippen LogP contribution in [-0.2, 0) is 27.8 Å². The highest BCUT2D eigenvalue weighted by Gasteiger charge is 2.19. The molecule has 194 valence electrons. The van der Waals surface area contributed by atoms with Crippen molar-refractivity contribution in [1.82, 2.24) is 14.8 Å². The molecule has 0 radical (unpaired) electrons. The second kappa shape index (κ2) is 10.2. The SMILES string of the molecule is Cc1oc(=O)oc1COC(=O)c1csc(-n2cc(Cc3ccc(S(N)(=O)=O)cc3)c(-c3ccccc3)n2)n1. The minimum Gasteiger partial charge on any atom is -0.453 e. The maximum atomic E-state index is 12.5. The Labute approximate surface area is 220 Å². The monoisotopic (exact) mass is 552 g/mol. The summed E-state index contributed by atoms with van der Waals surface area (Å²) in [6.07, 6.45) is 2.28. The predicted molar refractivity (Wildman–Crippen MR) is 136 cm³/mol. The van der Waals surface area contributed by atoms with E-state index in [4.69, 9.17) is 23.8 Å². The smallest absolute Gasteiger partial charge is 0.453 e. The molecule has 2 N–H and O–H groups in total. The lowest BCUT2D eigenvalue weighted by Gasteiger charge is -2.04. The van der Waals surface area contributed by atoms with Gasteiger partial charge in [-0.1, -0.05) is 42.5 Å². The zero-order valence-corrected chi connectivity index (χ0v) is 21.5. The van der Waals surface area contributed by atoms with E-state index in [2.05, 4.69) is 4.98 Å². The zero-order chi connectivity index (χ0) is 26.9. The van der Waals surface area contributed by atoms with Crippen LogP contribution in [0.5, 0.6) is 0 Å². The average Bonchev–Trinajstić information content (AvgIpc) is 3.61. The van der Waals surface area contributed by atoms with Gasteiger partial charge >= 0.3 is 11.8 Å². The predicted octanol–water partition coefficient (Wildman–Crippen LogP) is 3.45. The number of aryl methyl sites for hydroxylation is 1. The van der Waals surface area contributed by atoms with Gasteiger partial charge in [0.15, 0.2) is 23.8 Å². The molecule has 3 heterocycles. The number of nitrogens with two attached hydrogens (primary N) is 1. The fourth-order valence-corrected chi connectivity index (χ4v) is 4.90. The van der Waals surface area contributed by atoms with Crippen molar-refractivity contribution in [1.29, 1.82) is 0 Å². The van der Waals surface area contributed by atoms with Crippen LogP contribution < -0.4 is 11.0 Å². The number of aromatic nitrogens is 3. The second-order valence-electron chi connectivity index (χ2n) is 8.20. The number of carbonyl (C=O) groups is 1. The van der Waals surface area contributed by atoms with Crippen molar-refractivity contribution in [3.8, 4) is 16.4 Å². The van der Waals surface area contributed by atoms with Gasteiger partial charge in [0.25, 0.3) is 0 Å². The van der Waals surface area contributed by atoms with Gasteiger partial charge < -0.3 is 13.6 Å². The number of hydrogen-bond acceptors (Lipinski definition) is 10. The van der Waals surface area contributed by atoms with E-state index in [0.29, 0.717) is 17.2 Å². The van der Waals surface area contributed by atoms with E-state index in [0.717, 1.165) is 16.7 Å². The molecule has 0 bridgehead atoms. The lowest BCUT2D eigenvalue weighted by Crippen LogP contribution is -2.11. The zero-order valence-electron chi connectivity index (χ0n) is 19.9. The molecule has 0 aliphatic heterocycles. The van der Waals surface area contributed by atoms with Crippen molar-refractivity contribution in [3.63, 3.8) is 0 Å². The first-order chi connectivity index (χ1) is 18.2. The molecular weight excluding hydrogens is 532 g/mol. The molecule has 0 saturated carbocycles. The van der Waals surface area contributed by atoms with Gasteiger partial charge in [-0.2, -0.15) is 5.10 Å². The molecule has 0 unspecified atom stereocenters. The highest BCUT2D eigenvalue weighted by atomic mass is 32.2. The Hall–Kier alpha value is -4.33. The number of hydrogen-bond donors (Lipinski definition) is 1. The summed E-state index contributed by atoms with van der Waals surface area (Å²) >= 11 is 1.20.